The molecule has 9 heavy (non-hydrogen) atoms. The maximum absolute atomic E-state index is 11.0. The minimum atomic E-state index is 0.181. The number of hydrogen-bond donors (Lipinski definition) is 0. The van der Waals surface area contributed by atoms with Crippen molar-refractivity contribution in [2.45, 2.75) is 6.92 Å². The summed E-state index contributed by atoms with van der Waals surface area (Å²) in [5, 5.41) is 3.58. The fraction of sp³-hybridized carbons (Fsp3) is 0.833. The highest BCUT2D eigenvalue weighted by Crippen LogP contribution is 2.12. The molecule has 0 saturated carbocycles. The van der Waals surface area contributed by atoms with Crippen molar-refractivity contribution in [2.24, 2.45) is 5.92 Å². The SMILES string of the molecule is CC1CN(C)N(C)C1=O. The van der Waals surface area contributed by atoms with E-state index in [2.05, 4.69) is 0 Å². The Labute approximate surface area is 55.2 Å². The Morgan fingerprint density at radius 2 is 2.11 bits per heavy atom. The Morgan fingerprint density at radius 1 is 1.56 bits per heavy atom. The second kappa shape index (κ2) is 1.99. The van der Waals surface area contributed by atoms with Gasteiger partial charge in [-0.15, -0.1) is 0 Å². The van der Waals surface area contributed by atoms with Crippen LogP contribution in [0.5, 0.6) is 0 Å². The maximum Gasteiger partial charge on any atom is 0.240 e. The van der Waals surface area contributed by atoms with Gasteiger partial charge in [-0.05, 0) is 0 Å². The van der Waals surface area contributed by atoms with Crippen LogP contribution in [0.15, 0.2) is 0 Å². The number of carbonyl (C=O) groups is 1. The predicted octanol–water partition coefficient (Wildman–Crippen LogP) is -0.0587. The van der Waals surface area contributed by atoms with Crippen LogP contribution in [0.4, 0.5) is 0 Å². The number of hydrogen-bond acceptors (Lipinski definition) is 2. The highest BCUT2D eigenvalue weighted by Gasteiger charge is 2.29. The van der Waals surface area contributed by atoms with E-state index >= 15 is 0 Å². The van der Waals surface area contributed by atoms with Crippen LogP contribution in [0.25, 0.3) is 0 Å². The van der Waals surface area contributed by atoms with Crippen molar-refractivity contribution in [2.75, 3.05) is 20.6 Å². The van der Waals surface area contributed by atoms with Crippen molar-refractivity contribution < 1.29 is 4.79 Å². The van der Waals surface area contributed by atoms with Crippen LogP contribution < -0.4 is 0 Å². The number of hydrazine groups is 1. The molecule has 0 radical (unpaired) electrons. The maximum atomic E-state index is 11.0. The van der Waals surface area contributed by atoms with Crippen molar-refractivity contribution in [1.29, 1.82) is 0 Å². The van der Waals surface area contributed by atoms with E-state index in [0.717, 1.165) is 6.54 Å². The van der Waals surface area contributed by atoms with Crippen molar-refractivity contribution in [3.8, 4) is 0 Å². The molecule has 0 spiro atoms. The number of rotatable bonds is 0. The molecular formula is C6H12N2O. The van der Waals surface area contributed by atoms with E-state index in [0.29, 0.717) is 0 Å². The van der Waals surface area contributed by atoms with E-state index < -0.39 is 0 Å². The molecule has 1 saturated heterocycles. The molecule has 0 aromatic carbocycles. The molecule has 0 aromatic heterocycles. The van der Waals surface area contributed by atoms with Gasteiger partial charge in [-0.2, -0.15) is 0 Å². The van der Waals surface area contributed by atoms with Crippen LogP contribution in [-0.2, 0) is 4.79 Å². The van der Waals surface area contributed by atoms with Gasteiger partial charge in [0.15, 0.2) is 0 Å². The van der Waals surface area contributed by atoms with Gasteiger partial charge < -0.3 is 0 Å². The fourth-order valence-corrected chi connectivity index (χ4v) is 1.08. The predicted molar refractivity (Wildman–Crippen MR) is 34.6 cm³/mol. The lowest BCUT2D eigenvalue weighted by atomic mass is 10.2. The molecule has 3 heteroatoms. The Morgan fingerprint density at radius 3 is 2.22 bits per heavy atom. The molecule has 0 aliphatic carbocycles. The molecule has 1 unspecified atom stereocenters. The highest BCUT2D eigenvalue weighted by molar-refractivity contribution is 5.79. The van der Waals surface area contributed by atoms with Crippen LogP contribution in [0, 0.1) is 5.92 Å². The van der Waals surface area contributed by atoms with Crippen molar-refractivity contribution in [3.05, 3.63) is 0 Å². The Kier molecular flexibility index (Phi) is 1.45. The summed E-state index contributed by atoms with van der Waals surface area (Å²) in [6.45, 7) is 2.80. The summed E-state index contributed by atoms with van der Waals surface area (Å²) in [7, 11) is 3.72. The summed E-state index contributed by atoms with van der Waals surface area (Å²) in [4.78, 5) is 11.0. The molecule has 1 rings (SSSR count). The molecule has 1 amide bonds. The molecule has 1 heterocycles. The van der Waals surface area contributed by atoms with Crippen LogP contribution in [0.2, 0.25) is 0 Å². The monoisotopic (exact) mass is 128 g/mol. The Hall–Kier alpha value is -0.570. The summed E-state index contributed by atoms with van der Waals surface area (Å²) in [5.74, 6) is 0.400. The lowest BCUT2D eigenvalue weighted by Gasteiger charge is -2.17. The van der Waals surface area contributed by atoms with E-state index in [1.165, 1.54) is 0 Å². The lowest BCUT2D eigenvalue weighted by Crippen LogP contribution is -2.31. The molecule has 3 nitrogen and oxygen atoms in total. The largest absolute Gasteiger partial charge is 0.278 e. The quantitative estimate of drug-likeness (QED) is 0.456. The standard InChI is InChI=1S/C6H12N2O/c1-5-4-7(2)8(3)6(5)9/h5H,4H2,1-3H3. The molecule has 0 aromatic rings. The number of carbonyl (C=O) groups excluding carboxylic acids is 1. The Balaban J connectivity index is 2.65. The minimum absolute atomic E-state index is 0.181. The normalized spacial score (nSPS) is 29.9. The summed E-state index contributed by atoms with van der Waals surface area (Å²) in [6.07, 6.45) is 0. The zero-order chi connectivity index (χ0) is 7.02. The number of amides is 1. The summed E-state index contributed by atoms with van der Waals surface area (Å²) >= 11 is 0. The molecule has 0 bridgehead atoms. The van der Waals surface area contributed by atoms with Crippen molar-refractivity contribution >= 4 is 5.91 Å². The fourth-order valence-electron chi connectivity index (χ4n) is 1.08. The first-order valence-electron chi connectivity index (χ1n) is 3.11. The van der Waals surface area contributed by atoms with Gasteiger partial charge in [0, 0.05) is 20.6 Å². The molecule has 0 N–H and O–H groups in total. The third-order valence-corrected chi connectivity index (χ3v) is 1.79. The molecular weight excluding hydrogens is 116 g/mol. The van der Waals surface area contributed by atoms with Gasteiger partial charge in [-0.25, -0.2) is 5.01 Å². The van der Waals surface area contributed by atoms with Crippen molar-refractivity contribution in [3.63, 3.8) is 0 Å². The van der Waals surface area contributed by atoms with Crippen LogP contribution in [-0.4, -0.2) is 36.6 Å². The van der Waals surface area contributed by atoms with Gasteiger partial charge in [0.1, 0.15) is 0 Å². The molecule has 1 atom stereocenters. The van der Waals surface area contributed by atoms with E-state index in [9.17, 15) is 4.79 Å². The topological polar surface area (TPSA) is 23.6 Å². The first-order chi connectivity index (χ1) is 4.13. The molecule has 52 valence electrons. The minimum Gasteiger partial charge on any atom is -0.278 e. The molecule has 1 aliphatic heterocycles. The molecule has 1 fully saturated rings. The van der Waals surface area contributed by atoms with Crippen molar-refractivity contribution in [1.82, 2.24) is 10.0 Å². The van der Waals surface area contributed by atoms with Gasteiger partial charge in [0.25, 0.3) is 0 Å². The molecule has 1 aliphatic rings. The smallest absolute Gasteiger partial charge is 0.240 e. The Bertz CT molecular complexity index is 135. The first-order valence-corrected chi connectivity index (χ1v) is 3.11. The highest BCUT2D eigenvalue weighted by atomic mass is 16.2. The average molecular weight is 128 g/mol. The average Bonchev–Trinajstić information content (AvgIpc) is 1.98. The first kappa shape index (κ1) is 6.55. The van der Waals surface area contributed by atoms with Gasteiger partial charge in [0.05, 0.1) is 5.92 Å². The van der Waals surface area contributed by atoms with E-state index in [1.54, 1.807) is 12.1 Å². The van der Waals surface area contributed by atoms with Gasteiger partial charge in [-0.3, -0.25) is 9.80 Å². The third-order valence-electron chi connectivity index (χ3n) is 1.79. The van der Waals surface area contributed by atoms with Gasteiger partial charge in [-0.1, -0.05) is 6.92 Å². The second-order valence-electron chi connectivity index (χ2n) is 2.60. The second-order valence-corrected chi connectivity index (χ2v) is 2.60. The summed E-state index contributed by atoms with van der Waals surface area (Å²) in [5.41, 5.74) is 0. The van der Waals surface area contributed by atoms with Gasteiger partial charge in [0.2, 0.25) is 5.91 Å². The summed E-state index contributed by atoms with van der Waals surface area (Å²) < 4.78 is 0. The van der Waals surface area contributed by atoms with Crippen LogP contribution in [0.3, 0.4) is 0 Å². The van der Waals surface area contributed by atoms with E-state index in [4.69, 9.17) is 0 Å². The lowest BCUT2D eigenvalue weighted by molar-refractivity contribution is -0.135. The summed E-state index contributed by atoms with van der Waals surface area (Å²) in [6, 6.07) is 0. The number of nitrogens with zero attached hydrogens (tertiary/aromatic N) is 2. The zero-order valence-electron chi connectivity index (χ0n) is 6.09. The zero-order valence-corrected chi connectivity index (χ0v) is 6.09. The van der Waals surface area contributed by atoms with Crippen LogP contribution in [0.1, 0.15) is 6.92 Å². The van der Waals surface area contributed by atoms with E-state index in [1.807, 2.05) is 19.0 Å². The van der Waals surface area contributed by atoms with Crippen LogP contribution >= 0.6 is 0 Å². The third kappa shape index (κ3) is 0.920. The van der Waals surface area contributed by atoms with Gasteiger partial charge >= 0.3 is 0 Å². The van der Waals surface area contributed by atoms with E-state index in [-0.39, 0.29) is 11.8 Å².